The molecule has 1 fully saturated rings. The molecular formula is C18H23ClN2O3. The Morgan fingerprint density at radius 1 is 1.38 bits per heavy atom. The maximum Gasteiger partial charge on any atom is 0.265 e. The summed E-state index contributed by atoms with van der Waals surface area (Å²) >= 11 is 6.02. The van der Waals surface area contributed by atoms with Crippen molar-refractivity contribution in [2.45, 2.75) is 39.2 Å². The van der Waals surface area contributed by atoms with Crippen molar-refractivity contribution in [3.63, 3.8) is 0 Å². The Bertz CT molecular complexity index is 649. The van der Waals surface area contributed by atoms with Crippen molar-refractivity contribution in [3.8, 4) is 5.75 Å². The van der Waals surface area contributed by atoms with E-state index in [9.17, 15) is 9.59 Å². The summed E-state index contributed by atoms with van der Waals surface area (Å²) in [7, 11) is 0. The standard InChI is InChI=1S/C18H23ClN2O3/c1-11-4-3-5-14(12(11)2)20-17(22)9-21-15-8-13(19)6-7-16(15)24-10-18(21)23/h6-8,11-12,14H,3-5,9-10H2,1-2H3,(H,20,22)/t11-,12-,14+/m1/s1. The van der Waals surface area contributed by atoms with Crippen molar-refractivity contribution in [1.82, 2.24) is 5.32 Å². The topological polar surface area (TPSA) is 58.6 Å². The van der Waals surface area contributed by atoms with E-state index >= 15 is 0 Å². The average Bonchev–Trinajstić information content (AvgIpc) is 2.55. The van der Waals surface area contributed by atoms with E-state index in [0.717, 1.165) is 12.8 Å². The minimum absolute atomic E-state index is 0.00681. The van der Waals surface area contributed by atoms with Gasteiger partial charge in [0.1, 0.15) is 12.3 Å². The van der Waals surface area contributed by atoms with E-state index < -0.39 is 0 Å². The first-order chi connectivity index (χ1) is 11.5. The fourth-order valence-electron chi connectivity index (χ4n) is 3.53. The van der Waals surface area contributed by atoms with Crippen LogP contribution in [0.1, 0.15) is 33.1 Å². The van der Waals surface area contributed by atoms with E-state index in [-0.39, 0.29) is 31.0 Å². The number of halogens is 1. The molecule has 2 amide bonds. The second kappa shape index (κ2) is 7.01. The van der Waals surface area contributed by atoms with Crippen molar-refractivity contribution < 1.29 is 14.3 Å². The van der Waals surface area contributed by atoms with E-state index in [1.54, 1.807) is 18.2 Å². The molecule has 1 N–H and O–H groups in total. The molecule has 2 aliphatic rings. The molecule has 0 aromatic heterocycles. The number of nitrogens with zero attached hydrogens (tertiary/aromatic N) is 1. The van der Waals surface area contributed by atoms with E-state index in [4.69, 9.17) is 16.3 Å². The third-order valence-electron chi connectivity index (χ3n) is 5.22. The number of fused-ring (bicyclic) bond motifs is 1. The first kappa shape index (κ1) is 17.1. The second-order valence-corrected chi connectivity index (χ2v) is 7.26. The molecule has 6 heteroatoms. The zero-order chi connectivity index (χ0) is 17.3. The van der Waals surface area contributed by atoms with Gasteiger partial charge in [0, 0.05) is 11.1 Å². The lowest BCUT2D eigenvalue weighted by Crippen LogP contribution is -2.50. The minimum atomic E-state index is -0.232. The Morgan fingerprint density at radius 2 is 2.17 bits per heavy atom. The van der Waals surface area contributed by atoms with Gasteiger partial charge in [-0.25, -0.2) is 0 Å². The molecule has 130 valence electrons. The number of carbonyl (C=O) groups is 2. The Kier molecular flexibility index (Phi) is 4.99. The van der Waals surface area contributed by atoms with Gasteiger partial charge in [0.05, 0.1) is 5.69 Å². The van der Waals surface area contributed by atoms with Crippen LogP contribution in [0.3, 0.4) is 0 Å². The average molecular weight is 351 g/mol. The molecule has 1 saturated carbocycles. The Hall–Kier alpha value is -1.75. The van der Waals surface area contributed by atoms with Gasteiger partial charge in [0.2, 0.25) is 5.91 Å². The molecule has 1 aromatic carbocycles. The predicted molar refractivity (Wildman–Crippen MR) is 93.4 cm³/mol. The molecule has 0 spiro atoms. The lowest BCUT2D eigenvalue weighted by Gasteiger charge is -2.35. The Morgan fingerprint density at radius 3 is 2.96 bits per heavy atom. The maximum atomic E-state index is 12.5. The first-order valence-corrected chi connectivity index (χ1v) is 8.85. The van der Waals surface area contributed by atoms with Crippen LogP contribution < -0.4 is 15.0 Å². The summed E-state index contributed by atoms with van der Waals surface area (Å²) in [5, 5.41) is 3.61. The summed E-state index contributed by atoms with van der Waals surface area (Å²) in [6.45, 7) is 4.35. The van der Waals surface area contributed by atoms with Gasteiger partial charge in [0.15, 0.2) is 6.61 Å². The van der Waals surface area contributed by atoms with Gasteiger partial charge in [-0.3, -0.25) is 14.5 Å². The largest absolute Gasteiger partial charge is 0.482 e. The summed E-state index contributed by atoms with van der Waals surface area (Å²) in [6, 6.07) is 5.27. The Labute approximate surface area is 147 Å². The van der Waals surface area contributed by atoms with Gasteiger partial charge < -0.3 is 10.1 Å². The van der Waals surface area contributed by atoms with Crippen molar-refractivity contribution in [2.24, 2.45) is 11.8 Å². The third kappa shape index (κ3) is 3.51. The number of rotatable bonds is 3. The number of nitrogens with one attached hydrogen (secondary N) is 1. The second-order valence-electron chi connectivity index (χ2n) is 6.82. The number of carbonyl (C=O) groups excluding carboxylic acids is 2. The quantitative estimate of drug-likeness (QED) is 0.911. The van der Waals surface area contributed by atoms with Crippen molar-refractivity contribution in [2.75, 3.05) is 18.1 Å². The monoisotopic (exact) mass is 350 g/mol. The van der Waals surface area contributed by atoms with Gasteiger partial charge in [-0.1, -0.05) is 38.3 Å². The number of anilines is 1. The molecule has 0 bridgehead atoms. The van der Waals surface area contributed by atoms with Crippen LogP contribution in [-0.2, 0) is 9.59 Å². The minimum Gasteiger partial charge on any atom is -0.482 e. The molecule has 24 heavy (non-hydrogen) atoms. The van der Waals surface area contributed by atoms with Gasteiger partial charge >= 0.3 is 0 Å². The molecule has 0 saturated heterocycles. The fraction of sp³-hybridized carbons (Fsp3) is 0.556. The SMILES string of the molecule is C[C@@H]1[C@H](C)CCC[C@@H]1NC(=O)CN1C(=O)COc2ccc(Cl)cc21. The maximum absolute atomic E-state index is 12.5. The number of hydrogen-bond donors (Lipinski definition) is 1. The molecule has 3 rings (SSSR count). The van der Waals surface area contributed by atoms with Crippen molar-refractivity contribution >= 4 is 29.1 Å². The smallest absolute Gasteiger partial charge is 0.265 e. The highest BCUT2D eigenvalue weighted by atomic mass is 35.5. The predicted octanol–water partition coefficient (Wildman–Crippen LogP) is 3.01. The number of hydrogen-bond acceptors (Lipinski definition) is 3. The molecule has 0 radical (unpaired) electrons. The number of ether oxygens (including phenoxy) is 1. The highest BCUT2D eigenvalue weighted by molar-refractivity contribution is 6.31. The third-order valence-corrected chi connectivity index (χ3v) is 5.45. The first-order valence-electron chi connectivity index (χ1n) is 8.48. The van der Waals surface area contributed by atoms with Crippen LogP contribution in [0, 0.1) is 11.8 Å². The molecule has 1 aromatic rings. The van der Waals surface area contributed by atoms with Crippen LogP contribution in [0.25, 0.3) is 0 Å². The van der Waals surface area contributed by atoms with Gasteiger partial charge in [-0.2, -0.15) is 0 Å². The summed E-state index contributed by atoms with van der Waals surface area (Å²) < 4.78 is 5.40. The molecular weight excluding hydrogens is 328 g/mol. The van der Waals surface area contributed by atoms with E-state index in [1.807, 2.05) is 0 Å². The van der Waals surface area contributed by atoms with E-state index in [0.29, 0.717) is 28.3 Å². The number of amides is 2. The molecule has 3 atom stereocenters. The van der Waals surface area contributed by atoms with Crippen LogP contribution >= 0.6 is 11.6 Å². The van der Waals surface area contributed by atoms with Gasteiger partial charge in [0.25, 0.3) is 5.91 Å². The summed E-state index contributed by atoms with van der Waals surface area (Å²) in [5.74, 6) is 1.26. The molecule has 1 aliphatic carbocycles. The zero-order valence-electron chi connectivity index (χ0n) is 14.0. The Balaban J connectivity index is 1.70. The van der Waals surface area contributed by atoms with E-state index in [1.165, 1.54) is 11.3 Å². The van der Waals surface area contributed by atoms with Crippen LogP contribution in [0.4, 0.5) is 5.69 Å². The summed E-state index contributed by atoms with van der Waals surface area (Å²) in [4.78, 5) is 26.1. The van der Waals surface area contributed by atoms with Crippen molar-refractivity contribution in [1.29, 1.82) is 0 Å². The lowest BCUT2D eigenvalue weighted by atomic mass is 9.78. The van der Waals surface area contributed by atoms with Crippen LogP contribution in [0.5, 0.6) is 5.75 Å². The fourth-order valence-corrected chi connectivity index (χ4v) is 3.70. The number of benzene rings is 1. The lowest BCUT2D eigenvalue weighted by molar-refractivity contribution is -0.126. The van der Waals surface area contributed by atoms with Crippen LogP contribution in [0.15, 0.2) is 18.2 Å². The van der Waals surface area contributed by atoms with Gasteiger partial charge in [-0.05, 0) is 36.5 Å². The van der Waals surface area contributed by atoms with Crippen molar-refractivity contribution in [3.05, 3.63) is 23.2 Å². The zero-order valence-corrected chi connectivity index (χ0v) is 14.8. The molecule has 5 nitrogen and oxygen atoms in total. The molecule has 1 heterocycles. The van der Waals surface area contributed by atoms with Crippen LogP contribution in [0.2, 0.25) is 5.02 Å². The molecule has 1 aliphatic heterocycles. The van der Waals surface area contributed by atoms with Gasteiger partial charge in [-0.15, -0.1) is 0 Å². The van der Waals surface area contributed by atoms with E-state index in [2.05, 4.69) is 19.2 Å². The summed E-state index contributed by atoms with van der Waals surface area (Å²) in [6.07, 6.45) is 3.34. The summed E-state index contributed by atoms with van der Waals surface area (Å²) in [5.41, 5.74) is 0.555. The highest BCUT2D eigenvalue weighted by Crippen LogP contribution is 2.34. The molecule has 0 unspecified atom stereocenters. The highest BCUT2D eigenvalue weighted by Gasteiger charge is 2.31. The normalized spacial score (nSPS) is 26.5. The van der Waals surface area contributed by atoms with Crippen LogP contribution in [-0.4, -0.2) is 31.0 Å².